The highest BCUT2D eigenvalue weighted by atomic mass is 16.5. The molecule has 0 saturated carbocycles. The summed E-state index contributed by atoms with van der Waals surface area (Å²) in [5.74, 6) is 0. The summed E-state index contributed by atoms with van der Waals surface area (Å²) in [5.41, 5.74) is -0.552. The third kappa shape index (κ3) is 1.64. The molecule has 9 heavy (non-hydrogen) atoms. The summed E-state index contributed by atoms with van der Waals surface area (Å²) in [7, 11) is 3.88. The van der Waals surface area contributed by atoms with Crippen molar-refractivity contribution in [3.05, 3.63) is 0 Å². The maximum Gasteiger partial charge on any atom is 0.124 e. The fourth-order valence-electron chi connectivity index (χ4n) is 1.02. The summed E-state index contributed by atoms with van der Waals surface area (Å²) < 4.78 is 4.86. The highest BCUT2D eigenvalue weighted by molar-refractivity contribution is 4.86. The van der Waals surface area contributed by atoms with Crippen LogP contribution in [-0.4, -0.2) is 49.5 Å². The Morgan fingerprint density at radius 3 is 2.22 bits per heavy atom. The molecule has 0 spiro atoms. The molecule has 1 rings (SSSR count). The Morgan fingerprint density at radius 2 is 2.11 bits per heavy atom. The van der Waals surface area contributed by atoms with Gasteiger partial charge in [-0.05, 0) is 14.1 Å². The molecule has 0 atom stereocenters. The van der Waals surface area contributed by atoms with E-state index in [2.05, 4.69) is 0 Å². The van der Waals surface area contributed by atoms with Crippen LogP contribution in [0.25, 0.3) is 0 Å². The zero-order chi connectivity index (χ0) is 6.91. The molecule has 0 aromatic carbocycles. The van der Waals surface area contributed by atoms with E-state index in [0.717, 1.165) is 0 Å². The van der Waals surface area contributed by atoms with Crippen molar-refractivity contribution in [1.82, 2.24) is 4.90 Å². The van der Waals surface area contributed by atoms with Crippen molar-refractivity contribution in [2.45, 2.75) is 5.60 Å². The van der Waals surface area contributed by atoms with Crippen molar-refractivity contribution in [2.75, 3.05) is 33.9 Å². The average Bonchev–Trinajstić information content (AvgIpc) is 1.60. The Kier molecular flexibility index (Phi) is 1.75. The molecule has 0 radical (unpaired) electrons. The van der Waals surface area contributed by atoms with E-state index in [1.165, 1.54) is 0 Å². The van der Waals surface area contributed by atoms with Gasteiger partial charge in [0.05, 0.1) is 13.2 Å². The Morgan fingerprint density at radius 1 is 1.56 bits per heavy atom. The number of rotatable bonds is 2. The van der Waals surface area contributed by atoms with Crippen molar-refractivity contribution in [3.8, 4) is 0 Å². The molecule has 0 aromatic rings. The lowest BCUT2D eigenvalue weighted by Crippen LogP contribution is -2.55. The van der Waals surface area contributed by atoms with E-state index >= 15 is 0 Å². The molecule has 1 heterocycles. The minimum absolute atomic E-state index is 0.491. The van der Waals surface area contributed by atoms with E-state index in [9.17, 15) is 5.11 Å². The van der Waals surface area contributed by atoms with Gasteiger partial charge in [-0.3, -0.25) is 0 Å². The van der Waals surface area contributed by atoms with Crippen LogP contribution in [0, 0.1) is 0 Å². The van der Waals surface area contributed by atoms with E-state index in [1.54, 1.807) is 0 Å². The van der Waals surface area contributed by atoms with Gasteiger partial charge in [-0.15, -0.1) is 0 Å². The summed E-state index contributed by atoms with van der Waals surface area (Å²) in [6.07, 6.45) is 0. The molecular formula is C6H13NO2. The largest absolute Gasteiger partial charge is 0.384 e. The molecule has 54 valence electrons. The molecule has 1 fully saturated rings. The standard InChI is InChI=1S/C6H13NO2/c1-7(2)3-6(8)4-9-5-6/h8H,3-5H2,1-2H3. The number of aliphatic hydroxyl groups is 1. The van der Waals surface area contributed by atoms with Crippen LogP contribution in [0.1, 0.15) is 0 Å². The van der Waals surface area contributed by atoms with Crippen molar-refractivity contribution < 1.29 is 9.84 Å². The fraction of sp³-hybridized carbons (Fsp3) is 1.00. The zero-order valence-corrected chi connectivity index (χ0v) is 5.92. The molecule has 0 bridgehead atoms. The average molecular weight is 131 g/mol. The lowest BCUT2D eigenvalue weighted by molar-refractivity contribution is -0.184. The maximum atomic E-state index is 9.41. The summed E-state index contributed by atoms with van der Waals surface area (Å²) in [5, 5.41) is 9.41. The van der Waals surface area contributed by atoms with Gasteiger partial charge in [0.25, 0.3) is 0 Å². The van der Waals surface area contributed by atoms with Crippen LogP contribution in [0.5, 0.6) is 0 Å². The minimum atomic E-state index is -0.552. The Balaban J connectivity index is 2.24. The van der Waals surface area contributed by atoms with E-state index < -0.39 is 5.60 Å². The third-order valence-corrected chi connectivity index (χ3v) is 1.35. The second kappa shape index (κ2) is 2.25. The second-order valence-electron chi connectivity index (χ2n) is 2.95. The molecule has 1 saturated heterocycles. The van der Waals surface area contributed by atoms with E-state index in [1.807, 2.05) is 19.0 Å². The number of nitrogens with zero attached hydrogens (tertiary/aromatic N) is 1. The van der Waals surface area contributed by atoms with E-state index in [0.29, 0.717) is 19.8 Å². The Hall–Kier alpha value is -0.120. The first-order valence-electron chi connectivity index (χ1n) is 3.07. The van der Waals surface area contributed by atoms with Crippen molar-refractivity contribution in [3.63, 3.8) is 0 Å². The van der Waals surface area contributed by atoms with Crippen LogP contribution < -0.4 is 0 Å². The number of likely N-dealkylation sites (N-methyl/N-ethyl adjacent to an activating group) is 1. The topological polar surface area (TPSA) is 32.7 Å². The number of hydrogen-bond acceptors (Lipinski definition) is 3. The molecule has 0 aromatic heterocycles. The van der Waals surface area contributed by atoms with Crippen molar-refractivity contribution in [2.24, 2.45) is 0 Å². The molecule has 1 aliphatic rings. The van der Waals surface area contributed by atoms with Gasteiger partial charge in [0.2, 0.25) is 0 Å². The minimum Gasteiger partial charge on any atom is -0.384 e. The highest BCUT2D eigenvalue weighted by Crippen LogP contribution is 2.16. The molecule has 1 N–H and O–H groups in total. The van der Waals surface area contributed by atoms with Crippen LogP contribution in [0.3, 0.4) is 0 Å². The molecular weight excluding hydrogens is 118 g/mol. The summed E-state index contributed by atoms with van der Waals surface area (Å²) in [6, 6.07) is 0. The SMILES string of the molecule is CN(C)CC1(O)COC1. The monoisotopic (exact) mass is 131 g/mol. The van der Waals surface area contributed by atoms with Crippen molar-refractivity contribution in [1.29, 1.82) is 0 Å². The normalized spacial score (nSPS) is 24.0. The molecule has 0 unspecified atom stereocenters. The molecule has 3 heteroatoms. The van der Waals surface area contributed by atoms with Crippen LogP contribution in [-0.2, 0) is 4.74 Å². The van der Waals surface area contributed by atoms with Gasteiger partial charge in [0.15, 0.2) is 0 Å². The van der Waals surface area contributed by atoms with E-state index in [-0.39, 0.29) is 0 Å². The van der Waals surface area contributed by atoms with E-state index in [4.69, 9.17) is 4.74 Å². The predicted molar refractivity (Wildman–Crippen MR) is 34.3 cm³/mol. The molecule has 1 aliphatic heterocycles. The quantitative estimate of drug-likeness (QED) is 0.538. The fourth-order valence-corrected chi connectivity index (χ4v) is 1.02. The lowest BCUT2D eigenvalue weighted by atomic mass is 10.0. The third-order valence-electron chi connectivity index (χ3n) is 1.35. The molecule has 0 aliphatic carbocycles. The van der Waals surface area contributed by atoms with Crippen LogP contribution in [0.4, 0.5) is 0 Å². The smallest absolute Gasteiger partial charge is 0.124 e. The number of hydrogen-bond donors (Lipinski definition) is 1. The first kappa shape index (κ1) is 6.99. The van der Waals surface area contributed by atoms with Gasteiger partial charge in [-0.2, -0.15) is 0 Å². The van der Waals surface area contributed by atoms with Gasteiger partial charge in [0.1, 0.15) is 5.60 Å². The highest BCUT2D eigenvalue weighted by Gasteiger charge is 2.36. The summed E-state index contributed by atoms with van der Waals surface area (Å²) >= 11 is 0. The van der Waals surface area contributed by atoms with Crippen molar-refractivity contribution >= 4 is 0 Å². The first-order valence-corrected chi connectivity index (χ1v) is 3.07. The second-order valence-corrected chi connectivity index (χ2v) is 2.95. The van der Waals surface area contributed by atoms with Gasteiger partial charge in [0, 0.05) is 6.54 Å². The number of ether oxygens (including phenoxy) is 1. The first-order chi connectivity index (χ1) is 4.12. The zero-order valence-electron chi connectivity index (χ0n) is 5.92. The van der Waals surface area contributed by atoms with Crippen LogP contribution in [0.15, 0.2) is 0 Å². The predicted octanol–water partition coefficient (Wildman–Crippen LogP) is -0.691. The van der Waals surface area contributed by atoms with Gasteiger partial charge < -0.3 is 14.7 Å². The van der Waals surface area contributed by atoms with Crippen LogP contribution >= 0.6 is 0 Å². The molecule has 0 amide bonds. The maximum absolute atomic E-state index is 9.41. The molecule has 3 nitrogen and oxygen atoms in total. The van der Waals surface area contributed by atoms with Gasteiger partial charge in [-0.25, -0.2) is 0 Å². The Labute approximate surface area is 55.2 Å². The van der Waals surface area contributed by atoms with Gasteiger partial charge >= 0.3 is 0 Å². The summed E-state index contributed by atoms with van der Waals surface area (Å²) in [6.45, 7) is 1.68. The summed E-state index contributed by atoms with van der Waals surface area (Å²) in [4.78, 5) is 1.96. The Bertz CT molecular complexity index is 99.2. The van der Waals surface area contributed by atoms with Crippen LogP contribution in [0.2, 0.25) is 0 Å². The van der Waals surface area contributed by atoms with Gasteiger partial charge in [-0.1, -0.05) is 0 Å². The lowest BCUT2D eigenvalue weighted by Gasteiger charge is -2.38.